The van der Waals surface area contributed by atoms with E-state index in [1.165, 1.54) is 6.07 Å². The number of halogens is 2. The molecule has 0 aliphatic heterocycles. The summed E-state index contributed by atoms with van der Waals surface area (Å²) < 4.78 is 13.9. The summed E-state index contributed by atoms with van der Waals surface area (Å²) >= 11 is 1.91. The average molecular weight is 358 g/mol. The minimum absolute atomic E-state index is 0.286. The third-order valence-corrected chi connectivity index (χ3v) is 3.21. The molecule has 4 nitrogen and oxygen atoms in total. The molecule has 2 rings (SSSR count). The smallest absolute Gasteiger partial charge is 0.138 e. The summed E-state index contributed by atoms with van der Waals surface area (Å²) in [5.74, 6) is 0.419. The number of rotatable bonds is 3. The lowest BCUT2D eigenvalue weighted by Crippen LogP contribution is -2.06. The van der Waals surface area contributed by atoms with E-state index in [0.717, 1.165) is 5.69 Å². The van der Waals surface area contributed by atoms with Crippen molar-refractivity contribution in [2.45, 2.75) is 13.5 Å². The Balaban J connectivity index is 2.13. The van der Waals surface area contributed by atoms with E-state index in [2.05, 4.69) is 15.3 Å². The van der Waals surface area contributed by atoms with Crippen LogP contribution in [0.1, 0.15) is 11.5 Å². The quantitative estimate of drug-likeness (QED) is 0.654. The van der Waals surface area contributed by atoms with Gasteiger partial charge in [0, 0.05) is 12.3 Å². The van der Waals surface area contributed by atoms with Gasteiger partial charge in [-0.15, -0.1) is 0 Å². The number of nitrogens with zero attached hydrogens (tertiary/aromatic N) is 2. The van der Waals surface area contributed by atoms with E-state index in [9.17, 15) is 4.39 Å². The first-order chi connectivity index (χ1) is 8.56. The van der Waals surface area contributed by atoms with E-state index < -0.39 is 0 Å². The van der Waals surface area contributed by atoms with Gasteiger partial charge in [0.15, 0.2) is 0 Å². The van der Waals surface area contributed by atoms with Gasteiger partial charge in [0.25, 0.3) is 0 Å². The molecule has 0 saturated carbocycles. The van der Waals surface area contributed by atoms with Crippen LogP contribution in [0.25, 0.3) is 0 Å². The van der Waals surface area contributed by atoms with Crippen LogP contribution in [0.3, 0.4) is 0 Å². The van der Waals surface area contributed by atoms with E-state index >= 15 is 0 Å². The summed E-state index contributed by atoms with van der Waals surface area (Å²) in [6, 6.07) is 4.80. The molecule has 0 bridgehead atoms. The van der Waals surface area contributed by atoms with Gasteiger partial charge in [-0.3, -0.25) is 0 Å². The fourth-order valence-corrected chi connectivity index (χ4v) is 2.00. The second-order valence-corrected chi connectivity index (χ2v) is 4.96. The topological polar surface area (TPSA) is 63.8 Å². The molecule has 0 fully saturated rings. The second kappa shape index (κ2) is 5.47. The Morgan fingerprint density at radius 2 is 2.22 bits per heavy atom. The molecule has 0 aliphatic carbocycles. The normalized spacial score (nSPS) is 10.4. The molecule has 0 atom stereocenters. The molecule has 0 spiro atoms. The Kier molecular flexibility index (Phi) is 3.95. The lowest BCUT2D eigenvalue weighted by Gasteiger charge is -2.10. The zero-order chi connectivity index (χ0) is 13.1. The maximum atomic E-state index is 13.4. The number of hydrogen-bond acceptors (Lipinski definition) is 4. The number of nitrogens with one attached hydrogen (secondary N) is 1. The molecule has 1 aromatic heterocycles. The highest BCUT2D eigenvalue weighted by Crippen LogP contribution is 2.24. The maximum absolute atomic E-state index is 13.4. The fraction of sp³-hybridized carbons (Fsp3) is 0.167. The van der Waals surface area contributed by atoms with Crippen LogP contribution in [0, 0.1) is 16.3 Å². The molecule has 2 aromatic rings. The number of nitrogen functional groups attached to an aromatic ring is 1. The van der Waals surface area contributed by atoms with Crippen LogP contribution in [0.15, 0.2) is 24.4 Å². The maximum Gasteiger partial charge on any atom is 0.138 e. The summed E-state index contributed by atoms with van der Waals surface area (Å²) in [4.78, 5) is 8.26. The molecule has 6 heteroatoms. The third-order valence-electron chi connectivity index (χ3n) is 2.39. The second-order valence-electron chi connectivity index (χ2n) is 3.80. The van der Waals surface area contributed by atoms with Crippen molar-refractivity contribution in [1.29, 1.82) is 0 Å². The van der Waals surface area contributed by atoms with E-state index in [1.807, 2.05) is 29.5 Å². The van der Waals surface area contributed by atoms with Crippen molar-refractivity contribution in [3.05, 3.63) is 45.3 Å². The Morgan fingerprint density at radius 1 is 1.44 bits per heavy atom. The van der Waals surface area contributed by atoms with Gasteiger partial charge in [-0.25, -0.2) is 14.4 Å². The van der Waals surface area contributed by atoms with Crippen LogP contribution in [0.4, 0.5) is 15.8 Å². The van der Waals surface area contributed by atoms with Crippen LogP contribution in [0.2, 0.25) is 0 Å². The van der Waals surface area contributed by atoms with Crippen molar-refractivity contribution >= 4 is 34.0 Å². The van der Waals surface area contributed by atoms with Crippen LogP contribution in [0.5, 0.6) is 0 Å². The average Bonchev–Trinajstić information content (AvgIpc) is 2.32. The molecule has 0 amide bonds. The fourth-order valence-electron chi connectivity index (χ4n) is 1.50. The van der Waals surface area contributed by atoms with Gasteiger partial charge in [-0.1, -0.05) is 0 Å². The standard InChI is InChI=1S/C12H12FIN4/c1-7-16-3-2-8(18-7)6-17-12-4-9(13)10(14)5-11(12)15/h2-5,17H,6,15H2,1H3. The molecule has 18 heavy (non-hydrogen) atoms. The van der Waals surface area contributed by atoms with E-state index in [-0.39, 0.29) is 5.82 Å². The zero-order valence-electron chi connectivity index (χ0n) is 9.74. The van der Waals surface area contributed by atoms with Gasteiger partial charge < -0.3 is 11.1 Å². The Hall–Kier alpha value is -1.44. The summed E-state index contributed by atoms with van der Waals surface area (Å²) in [6.07, 6.45) is 1.69. The van der Waals surface area contributed by atoms with E-state index in [1.54, 1.807) is 18.3 Å². The molecular formula is C12H12FIN4. The van der Waals surface area contributed by atoms with Crippen molar-refractivity contribution in [3.63, 3.8) is 0 Å². The largest absolute Gasteiger partial charge is 0.397 e. The minimum Gasteiger partial charge on any atom is -0.397 e. The Bertz CT molecular complexity index is 574. The zero-order valence-corrected chi connectivity index (χ0v) is 11.9. The summed E-state index contributed by atoms with van der Waals surface area (Å²) in [7, 11) is 0. The lowest BCUT2D eigenvalue weighted by atomic mass is 10.2. The van der Waals surface area contributed by atoms with Crippen LogP contribution in [-0.2, 0) is 6.54 Å². The van der Waals surface area contributed by atoms with Gasteiger partial charge in [0.1, 0.15) is 11.6 Å². The van der Waals surface area contributed by atoms with Gasteiger partial charge in [-0.05, 0) is 41.6 Å². The molecule has 1 heterocycles. The molecule has 1 aromatic carbocycles. The van der Waals surface area contributed by atoms with Crippen molar-refractivity contribution in [1.82, 2.24) is 9.97 Å². The van der Waals surface area contributed by atoms with Gasteiger partial charge in [-0.2, -0.15) is 0 Å². The predicted molar refractivity (Wildman–Crippen MR) is 77.6 cm³/mol. The van der Waals surface area contributed by atoms with Gasteiger partial charge in [0.2, 0.25) is 0 Å². The summed E-state index contributed by atoms with van der Waals surface area (Å²) in [6.45, 7) is 2.30. The Labute approximate surface area is 118 Å². The summed E-state index contributed by atoms with van der Waals surface area (Å²) in [5.41, 5.74) is 7.75. The number of aryl methyl sites for hydroxylation is 1. The van der Waals surface area contributed by atoms with E-state index in [4.69, 9.17) is 5.73 Å². The van der Waals surface area contributed by atoms with E-state index in [0.29, 0.717) is 27.3 Å². The van der Waals surface area contributed by atoms with Crippen LogP contribution >= 0.6 is 22.6 Å². The molecule has 0 unspecified atom stereocenters. The highest BCUT2D eigenvalue weighted by atomic mass is 127. The number of benzene rings is 1. The molecule has 0 saturated heterocycles. The predicted octanol–water partition coefficient (Wildman–Crippen LogP) is 2.72. The first-order valence-electron chi connectivity index (χ1n) is 5.33. The monoisotopic (exact) mass is 358 g/mol. The molecule has 0 radical (unpaired) electrons. The number of aromatic nitrogens is 2. The number of nitrogens with two attached hydrogens (primary N) is 1. The number of hydrogen-bond donors (Lipinski definition) is 2. The highest BCUT2D eigenvalue weighted by Gasteiger charge is 2.06. The molecule has 0 aliphatic rings. The van der Waals surface area contributed by atoms with Crippen molar-refractivity contribution in [2.75, 3.05) is 11.1 Å². The Morgan fingerprint density at radius 3 is 2.94 bits per heavy atom. The van der Waals surface area contributed by atoms with Crippen molar-refractivity contribution in [2.24, 2.45) is 0 Å². The van der Waals surface area contributed by atoms with Crippen molar-refractivity contribution in [3.8, 4) is 0 Å². The molecule has 3 N–H and O–H groups in total. The first kappa shape index (κ1) is 13.0. The number of anilines is 2. The van der Waals surface area contributed by atoms with Crippen molar-refractivity contribution < 1.29 is 4.39 Å². The summed E-state index contributed by atoms with van der Waals surface area (Å²) in [5, 5.41) is 3.07. The first-order valence-corrected chi connectivity index (χ1v) is 6.41. The highest BCUT2D eigenvalue weighted by molar-refractivity contribution is 14.1. The SMILES string of the molecule is Cc1nccc(CNc2cc(F)c(I)cc2N)n1. The van der Waals surface area contributed by atoms with Gasteiger partial charge >= 0.3 is 0 Å². The lowest BCUT2D eigenvalue weighted by molar-refractivity contribution is 0.621. The third kappa shape index (κ3) is 3.06. The van der Waals surface area contributed by atoms with Gasteiger partial charge in [0.05, 0.1) is 27.2 Å². The molecular weight excluding hydrogens is 346 g/mol. The van der Waals surface area contributed by atoms with Crippen LogP contribution in [-0.4, -0.2) is 9.97 Å². The minimum atomic E-state index is -0.286. The van der Waals surface area contributed by atoms with Crippen LogP contribution < -0.4 is 11.1 Å². The molecule has 94 valence electrons.